The van der Waals surface area contributed by atoms with Crippen molar-refractivity contribution in [3.05, 3.63) is 47.7 Å². The first-order chi connectivity index (χ1) is 11.4. The third-order valence-corrected chi connectivity index (χ3v) is 3.09. The number of hydrogen-bond donors (Lipinski definition) is 0. The van der Waals surface area contributed by atoms with Gasteiger partial charge in [0.25, 0.3) is 0 Å². The van der Waals surface area contributed by atoms with E-state index in [0.29, 0.717) is 0 Å². The van der Waals surface area contributed by atoms with Gasteiger partial charge in [0, 0.05) is 11.6 Å². The summed E-state index contributed by atoms with van der Waals surface area (Å²) in [5.74, 6) is -0.605. The molecule has 0 atom stereocenters. The van der Waals surface area contributed by atoms with Gasteiger partial charge in [-0.1, -0.05) is 12.1 Å². The van der Waals surface area contributed by atoms with Crippen LogP contribution < -0.4 is 4.74 Å². The quantitative estimate of drug-likeness (QED) is 0.592. The maximum atomic E-state index is 13.3. The number of carbonyl (C=O) groups is 1. The molecule has 0 N–H and O–H groups in total. The molecule has 4 nitrogen and oxygen atoms in total. The van der Waals surface area contributed by atoms with Crippen LogP contribution in [-0.2, 0) is 15.7 Å². The smallest absolute Gasteiger partial charge is 0.420 e. The maximum Gasteiger partial charge on any atom is 0.420 e. The van der Waals surface area contributed by atoms with Gasteiger partial charge in [0.1, 0.15) is 22.8 Å². The van der Waals surface area contributed by atoms with Gasteiger partial charge in [-0.25, -0.2) is 4.79 Å². The van der Waals surface area contributed by atoms with E-state index in [2.05, 4.69) is 0 Å². The Morgan fingerprint density at radius 3 is 2.62 bits per heavy atom. The van der Waals surface area contributed by atoms with Crippen molar-refractivity contribution in [2.45, 2.75) is 13.1 Å². The highest BCUT2D eigenvalue weighted by Crippen LogP contribution is 2.43. The summed E-state index contributed by atoms with van der Waals surface area (Å²) >= 11 is 0. The minimum Gasteiger partial charge on any atom is -0.496 e. The number of halogens is 3. The van der Waals surface area contributed by atoms with Crippen LogP contribution in [0.15, 0.2) is 40.8 Å². The van der Waals surface area contributed by atoms with Crippen molar-refractivity contribution in [2.24, 2.45) is 0 Å². The highest BCUT2D eigenvalue weighted by atomic mass is 19.4. The summed E-state index contributed by atoms with van der Waals surface area (Å²) in [7, 11) is 1.17. The number of rotatable bonds is 5. The highest BCUT2D eigenvalue weighted by Gasteiger charge is 2.38. The summed E-state index contributed by atoms with van der Waals surface area (Å²) in [5, 5.41) is 0. The molecular formula is C17H15F3O4. The lowest BCUT2D eigenvalue weighted by Crippen LogP contribution is -2.09. The Balaban J connectivity index is 2.39. The Labute approximate surface area is 136 Å². The molecule has 1 aromatic heterocycles. The second kappa shape index (κ2) is 7.25. The van der Waals surface area contributed by atoms with E-state index in [9.17, 15) is 18.0 Å². The number of methoxy groups -OCH3 is 1. The molecular weight excluding hydrogens is 325 g/mol. The maximum absolute atomic E-state index is 13.3. The molecule has 24 heavy (non-hydrogen) atoms. The number of alkyl halides is 3. The van der Waals surface area contributed by atoms with E-state index in [1.165, 1.54) is 43.5 Å². The van der Waals surface area contributed by atoms with Crippen LogP contribution in [0.5, 0.6) is 5.75 Å². The first-order valence-corrected chi connectivity index (χ1v) is 7.06. The molecule has 0 saturated heterocycles. The lowest BCUT2D eigenvalue weighted by Gasteiger charge is -2.15. The van der Waals surface area contributed by atoms with Gasteiger partial charge in [-0.3, -0.25) is 0 Å². The van der Waals surface area contributed by atoms with Crippen molar-refractivity contribution in [3.8, 4) is 17.1 Å². The Kier molecular flexibility index (Phi) is 5.33. The molecule has 1 heterocycles. The topological polar surface area (TPSA) is 48.7 Å². The van der Waals surface area contributed by atoms with Gasteiger partial charge >= 0.3 is 12.1 Å². The number of benzene rings is 1. The molecule has 0 aliphatic rings. The van der Waals surface area contributed by atoms with Crippen LogP contribution in [0.4, 0.5) is 13.2 Å². The zero-order valence-corrected chi connectivity index (χ0v) is 13.0. The van der Waals surface area contributed by atoms with E-state index in [1.807, 2.05) is 0 Å². The van der Waals surface area contributed by atoms with E-state index in [0.717, 1.165) is 6.08 Å². The van der Waals surface area contributed by atoms with E-state index in [4.69, 9.17) is 13.9 Å². The fourth-order valence-electron chi connectivity index (χ4n) is 2.13. The zero-order chi connectivity index (χ0) is 17.7. The summed E-state index contributed by atoms with van der Waals surface area (Å²) in [6.07, 6.45) is -2.13. The van der Waals surface area contributed by atoms with Gasteiger partial charge in [-0.15, -0.1) is 0 Å². The number of furan rings is 1. The summed E-state index contributed by atoms with van der Waals surface area (Å²) in [6.45, 7) is 1.89. The van der Waals surface area contributed by atoms with Crippen molar-refractivity contribution >= 4 is 12.0 Å². The van der Waals surface area contributed by atoms with Crippen molar-refractivity contribution in [1.29, 1.82) is 0 Å². The monoisotopic (exact) mass is 340 g/mol. The van der Waals surface area contributed by atoms with Gasteiger partial charge in [0.15, 0.2) is 0 Å². The Morgan fingerprint density at radius 1 is 1.25 bits per heavy atom. The van der Waals surface area contributed by atoms with E-state index < -0.39 is 17.7 Å². The normalized spacial score (nSPS) is 11.7. The number of hydrogen-bond acceptors (Lipinski definition) is 4. The largest absolute Gasteiger partial charge is 0.496 e. The predicted molar refractivity (Wildman–Crippen MR) is 81.4 cm³/mol. The number of carbonyl (C=O) groups excluding carboxylic acids is 1. The van der Waals surface area contributed by atoms with Crippen molar-refractivity contribution in [3.63, 3.8) is 0 Å². The van der Waals surface area contributed by atoms with Crippen molar-refractivity contribution in [2.75, 3.05) is 13.7 Å². The van der Waals surface area contributed by atoms with E-state index >= 15 is 0 Å². The van der Waals surface area contributed by atoms with Gasteiger partial charge < -0.3 is 13.9 Å². The summed E-state index contributed by atoms with van der Waals surface area (Å²) < 4.78 is 54.9. The summed E-state index contributed by atoms with van der Waals surface area (Å²) in [6, 6.07) is 6.83. The molecule has 0 saturated carbocycles. The van der Waals surface area contributed by atoms with Crippen LogP contribution in [0.2, 0.25) is 0 Å². The van der Waals surface area contributed by atoms with E-state index in [1.54, 1.807) is 6.92 Å². The lowest BCUT2D eigenvalue weighted by molar-refractivity contribution is -0.138. The molecule has 7 heteroatoms. The molecule has 1 aromatic carbocycles. The SMILES string of the molecule is CCOC(=O)C=Cc1ccc(-c2cccc(OC)c2C(F)(F)F)o1. The third kappa shape index (κ3) is 3.98. The fraction of sp³-hybridized carbons (Fsp3) is 0.235. The summed E-state index contributed by atoms with van der Waals surface area (Å²) in [5.41, 5.74) is -1.06. The molecule has 0 bridgehead atoms. The van der Waals surface area contributed by atoms with Gasteiger partial charge in [-0.2, -0.15) is 13.2 Å². The molecule has 0 spiro atoms. The first-order valence-electron chi connectivity index (χ1n) is 7.06. The zero-order valence-electron chi connectivity index (χ0n) is 13.0. The first kappa shape index (κ1) is 17.7. The predicted octanol–water partition coefficient (Wildman–Crippen LogP) is 4.55. The Hall–Kier alpha value is -2.70. The average molecular weight is 340 g/mol. The molecule has 0 unspecified atom stereocenters. The van der Waals surface area contributed by atoms with Gasteiger partial charge in [-0.05, 0) is 31.2 Å². The van der Waals surface area contributed by atoms with Crippen LogP contribution in [0, 0.1) is 0 Å². The van der Waals surface area contributed by atoms with Gasteiger partial charge in [0.05, 0.1) is 13.7 Å². The minimum atomic E-state index is -4.60. The standard InChI is InChI=1S/C17H15F3O4/c1-3-23-15(21)10-8-11-7-9-13(24-11)12-5-4-6-14(22-2)16(12)17(18,19)20/h4-10H,3H2,1-2H3. The molecule has 0 amide bonds. The fourth-order valence-corrected chi connectivity index (χ4v) is 2.13. The third-order valence-electron chi connectivity index (χ3n) is 3.09. The lowest BCUT2D eigenvalue weighted by atomic mass is 10.0. The second-order valence-corrected chi connectivity index (χ2v) is 4.67. The Morgan fingerprint density at radius 2 is 2.00 bits per heavy atom. The van der Waals surface area contributed by atoms with E-state index in [-0.39, 0.29) is 29.4 Å². The molecule has 128 valence electrons. The van der Waals surface area contributed by atoms with Crippen molar-refractivity contribution < 1.29 is 31.9 Å². The Bertz CT molecular complexity index is 745. The summed E-state index contributed by atoms with van der Waals surface area (Å²) in [4.78, 5) is 11.2. The van der Waals surface area contributed by atoms with Crippen LogP contribution in [0.3, 0.4) is 0 Å². The van der Waals surface area contributed by atoms with Crippen LogP contribution >= 0.6 is 0 Å². The highest BCUT2D eigenvalue weighted by molar-refractivity contribution is 5.86. The van der Waals surface area contributed by atoms with Crippen molar-refractivity contribution in [1.82, 2.24) is 0 Å². The molecule has 0 aliphatic heterocycles. The minimum absolute atomic E-state index is 0.0183. The molecule has 0 aliphatic carbocycles. The number of ether oxygens (including phenoxy) is 2. The second-order valence-electron chi connectivity index (χ2n) is 4.67. The molecule has 0 fully saturated rings. The van der Waals surface area contributed by atoms with Crippen LogP contribution in [0.25, 0.3) is 17.4 Å². The van der Waals surface area contributed by atoms with Gasteiger partial charge in [0.2, 0.25) is 0 Å². The molecule has 0 radical (unpaired) electrons. The molecule has 2 rings (SSSR count). The average Bonchev–Trinajstić information content (AvgIpc) is 3.00. The van der Waals surface area contributed by atoms with Crippen LogP contribution in [-0.4, -0.2) is 19.7 Å². The molecule has 2 aromatic rings. The van der Waals surface area contributed by atoms with Crippen LogP contribution in [0.1, 0.15) is 18.2 Å². The number of esters is 1.